The zero-order valence-electron chi connectivity index (χ0n) is 31.8. The SMILES string of the molecule is C=C(SCc1cc(C)cc(C)c1)N(CCCC[N+](C)(C)Cc1cc(C)cc(C)c1)Cc1cc(C)cc(C)c1.CBr.Cc1ccc(Cl)c(Cl)c1Cl. The van der Waals surface area contributed by atoms with E-state index in [2.05, 4.69) is 138 Å². The molecule has 0 bridgehead atoms. The van der Waals surface area contributed by atoms with Crippen LogP contribution in [0.3, 0.4) is 0 Å². The van der Waals surface area contributed by atoms with Gasteiger partial charge in [0.15, 0.2) is 0 Å². The summed E-state index contributed by atoms with van der Waals surface area (Å²) < 4.78 is 1.02. The van der Waals surface area contributed by atoms with E-state index in [1.54, 1.807) is 6.07 Å². The van der Waals surface area contributed by atoms with Crippen LogP contribution in [0.4, 0.5) is 0 Å². The molecule has 0 N–H and O–H groups in total. The first-order valence-corrected chi connectivity index (χ1v) is 20.8. The molecule has 2 nitrogen and oxygen atoms in total. The van der Waals surface area contributed by atoms with Gasteiger partial charge in [-0.1, -0.05) is 151 Å². The van der Waals surface area contributed by atoms with Gasteiger partial charge in [-0.15, -0.1) is 11.8 Å². The fourth-order valence-corrected chi connectivity index (χ4v) is 7.70. The molecule has 0 heterocycles. The van der Waals surface area contributed by atoms with E-state index in [4.69, 9.17) is 34.8 Å². The third-order valence-corrected chi connectivity index (χ3v) is 10.7. The van der Waals surface area contributed by atoms with Gasteiger partial charge < -0.3 is 9.38 Å². The van der Waals surface area contributed by atoms with Crippen molar-refractivity contribution in [1.82, 2.24) is 4.90 Å². The van der Waals surface area contributed by atoms with Crippen LogP contribution in [-0.2, 0) is 18.8 Å². The summed E-state index contributed by atoms with van der Waals surface area (Å²) in [5.74, 6) is 2.78. The number of nitrogens with zero attached hydrogens (tertiary/aromatic N) is 2. The van der Waals surface area contributed by atoms with Crippen molar-refractivity contribution in [1.29, 1.82) is 0 Å². The first-order valence-electron chi connectivity index (χ1n) is 17.1. The lowest BCUT2D eigenvalue weighted by molar-refractivity contribution is -0.903. The molecule has 0 aliphatic carbocycles. The van der Waals surface area contributed by atoms with Crippen LogP contribution in [0.2, 0.25) is 15.1 Å². The summed E-state index contributed by atoms with van der Waals surface area (Å²) in [6.07, 6.45) is 2.37. The van der Waals surface area contributed by atoms with Crippen LogP contribution in [0.1, 0.15) is 68.5 Å². The lowest BCUT2D eigenvalue weighted by Crippen LogP contribution is -2.39. The van der Waals surface area contributed by atoms with E-state index in [1.807, 2.05) is 30.6 Å². The van der Waals surface area contributed by atoms with Crippen molar-refractivity contribution in [2.75, 3.05) is 33.0 Å². The lowest BCUT2D eigenvalue weighted by Gasteiger charge is -2.31. The molecule has 0 aromatic heterocycles. The van der Waals surface area contributed by atoms with Crippen LogP contribution < -0.4 is 0 Å². The Balaban J connectivity index is 0.000000613. The van der Waals surface area contributed by atoms with Crippen LogP contribution in [0.25, 0.3) is 0 Å². The van der Waals surface area contributed by atoms with E-state index < -0.39 is 0 Å². The maximum Gasteiger partial charge on any atom is 0.104 e. The Bertz CT molecular complexity index is 1610. The van der Waals surface area contributed by atoms with Gasteiger partial charge in [0.1, 0.15) is 6.54 Å². The molecule has 0 saturated carbocycles. The Morgan fingerprint density at radius 2 is 1.12 bits per heavy atom. The highest BCUT2D eigenvalue weighted by Gasteiger charge is 2.17. The van der Waals surface area contributed by atoms with Gasteiger partial charge in [0.25, 0.3) is 0 Å². The number of hydrogen-bond donors (Lipinski definition) is 0. The van der Waals surface area contributed by atoms with Crippen LogP contribution in [0, 0.1) is 48.5 Å². The molecule has 4 aromatic rings. The van der Waals surface area contributed by atoms with Crippen molar-refractivity contribution in [3.05, 3.63) is 149 Å². The predicted molar refractivity (Wildman–Crippen MR) is 230 cm³/mol. The van der Waals surface area contributed by atoms with E-state index in [1.165, 1.54) is 74.5 Å². The molecule has 0 atom stereocenters. The largest absolute Gasteiger partial charge is 0.363 e. The highest BCUT2D eigenvalue weighted by atomic mass is 79.9. The molecule has 4 aromatic carbocycles. The van der Waals surface area contributed by atoms with Crippen LogP contribution >= 0.6 is 62.5 Å². The third-order valence-electron chi connectivity index (χ3n) is 8.26. The Morgan fingerprint density at radius 3 is 1.60 bits per heavy atom. The molecule has 0 aliphatic rings. The van der Waals surface area contributed by atoms with Gasteiger partial charge in [-0.2, -0.15) is 0 Å². The predicted octanol–water partition coefficient (Wildman–Crippen LogP) is 13.8. The molecule has 0 radical (unpaired) electrons. The summed E-state index contributed by atoms with van der Waals surface area (Å²) in [5.41, 5.74) is 13.2. The number of rotatable bonds is 13. The molecule has 0 saturated heterocycles. The van der Waals surface area contributed by atoms with Gasteiger partial charge in [0.05, 0.1) is 40.7 Å². The first-order chi connectivity index (χ1) is 23.5. The number of unbranched alkanes of at least 4 members (excludes halogenated alkanes) is 1. The van der Waals surface area contributed by atoms with Crippen molar-refractivity contribution < 1.29 is 4.48 Å². The van der Waals surface area contributed by atoms with E-state index in [0.29, 0.717) is 15.1 Å². The molecule has 4 rings (SSSR count). The number of halogens is 4. The van der Waals surface area contributed by atoms with E-state index in [9.17, 15) is 0 Å². The van der Waals surface area contributed by atoms with Gasteiger partial charge >= 0.3 is 0 Å². The van der Waals surface area contributed by atoms with Crippen molar-refractivity contribution >= 4 is 62.5 Å². The number of thioether (sulfide) groups is 1. The molecule has 0 unspecified atom stereocenters. The van der Waals surface area contributed by atoms with Crippen LogP contribution in [-0.4, -0.2) is 42.4 Å². The van der Waals surface area contributed by atoms with Crippen LogP contribution in [0.5, 0.6) is 0 Å². The standard InChI is InChI=1S/C35H49N2S.C7H5Cl3.CH3Br/c1-26-14-27(2)18-33(17-26)23-36(32(7)38-25-35-21-30(5)16-31(6)22-35)12-10-11-13-37(8,9)24-34-19-28(3)15-29(4)20-34;1-4-2-3-5(8)7(10)6(4)9;1-2/h14-22H,7,10-13,23-25H2,1-6,8-9H3;2-3H,1H3;1H3/q+1;;. The number of aryl methyl sites for hydroxylation is 7. The van der Waals surface area contributed by atoms with Gasteiger partial charge in [-0.05, 0) is 89.9 Å². The average molecular weight is 820 g/mol. The van der Waals surface area contributed by atoms with Crippen molar-refractivity contribution in [2.24, 2.45) is 0 Å². The molecule has 50 heavy (non-hydrogen) atoms. The van der Waals surface area contributed by atoms with Gasteiger partial charge in [-0.3, -0.25) is 0 Å². The minimum atomic E-state index is 0.434. The van der Waals surface area contributed by atoms with E-state index in [0.717, 1.165) is 35.4 Å². The van der Waals surface area contributed by atoms with Crippen LogP contribution in [0.15, 0.2) is 78.3 Å². The number of alkyl halides is 1. The minimum Gasteiger partial charge on any atom is -0.363 e. The summed E-state index contributed by atoms with van der Waals surface area (Å²) in [4.78, 5) is 2.51. The topological polar surface area (TPSA) is 3.24 Å². The number of hydrogen-bond acceptors (Lipinski definition) is 2. The number of quaternary nitrogens is 1. The first kappa shape index (κ1) is 44.2. The molecular formula is C43H57BrCl3N2S+. The molecule has 0 amide bonds. The molecule has 0 fully saturated rings. The zero-order chi connectivity index (χ0) is 37.6. The summed E-state index contributed by atoms with van der Waals surface area (Å²) in [5, 5.41) is 2.64. The Labute approximate surface area is 331 Å². The van der Waals surface area contributed by atoms with Gasteiger partial charge in [-0.25, -0.2) is 0 Å². The average Bonchev–Trinajstić information content (AvgIpc) is 3.02. The quantitative estimate of drug-likeness (QED) is 0.0572. The van der Waals surface area contributed by atoms with E-state index >= 15 is 0 Å². The normalized spacial score (nSPS) is 10.9. The van der Waals surface area contributed by atoms with Crippen molar-refractivity contribution in [2.45, 2.75) is 80.2 Å². The Morgan fingerprint density at radius 1 is 0.660 bits per heavy atom. The summed E-state index contributed by atoms with van der Waals surface area (Å²) in [7, 11) is 4.73. The minimum absolute atomic E-state index is 0.434. The van der Waals surface area contributed by atoms with E-state index in [-0.39, 0.29) is 0 Å². The molecule has 7 heteroatoms. The summed E-state index contributed by atoms with van der Waals surface area (Å²) in [6.45, 7) is 23.8. The maximum atomic E-state index is 5.77. The third kappa shape index (κ3) is 15.8. The second-order valence-electron chi connectivity index (χ2n) is 14.1. The molecule has 0 spiro atoms. The molecule has 0 aliphatic heterocycles. The van der Waals surface area contributed by atoms with Gasteiger partial charge in [0, 0.05) is 24.4 Å². The zero-order valence-corrected chi connectivity index (χ0v) is 36.5. The Kier molecular flexibility index (Phi) is 19.1. The highest BCUT2D eigenvalue weighted by molar-refractivity contribution is 9.08. The fourth-order valence-electron chi connectivity index (χ4n) is 6.28. The smallest absolute Gasteiger partial charge is 0.104 e. The fraction of sp³-hybridized carbons (Fsp3) is 0.395. The monoisotopic (exact) mass is 817 g/mol. The molecule has 272 valence electrons. The van der Waals surface area contributed by atoms with Gasteiger partial charge in [0.2, 0.25) is 0 Å². The number of benzene rings is 4. The highest BCUT2D eigenvalue weighted by Crippen LogP contribution is 2.32. The lowest BCUT2D eigenvalue weighted by atomic mass is 10.1. The molecular weight excluding hydrogens is 763 g/mol. The summed E-state index contributed by atoms with van der Waals surface area (Å²) >= 11 is 22.0. The summed E-state index contributed by atoms with van der Waals surface area (Å²) in [6, 6.07) is 24.3. The van der Waals surface area contributed by atoms with Crippen molar-refractivity contribution in [3.8, 4) is 0 Å². The van der Waals surface area contributed by atoms with Crippen molar-refractivity contribution in [3.63, 3.8) is 0 Å². The Hall–Kier alpha value is -1.92. The second-order valence-corrected chi connectivity index (χ2v) is 16.3. The second kappa shape index (κ2) is 21.6. The maximum absolute atomic E-state index is 5.77.